The molecule has 2 aromatic rings. The molecule has 0 aliphatic carbocycles. The van der Waals surface area contributed by atoms with Gasteiger partial charge in [-0.1, -0.05) is 18.2 Å². The van der Waals surface area contributed by atoms with Crippen LogP contribution >= 0.6 is 0 Å². The van der Waals surface area contributed by atoms with Crippen LogP contribution in [0.5, 0.6) is 5.75 Å². The van der Waals surface area contributed by atoms with E-state index in [0.717, 1.165) is 0 Å². The first-order valence-electron chi connectivity index (χ1n) is 6.97. The van der Waals surface area contributed by atoms with E-state index in [2.05, 4.69) is 10.6 Å². The van der Waals surface area contributed by atoms with Crippen molar-refractivity contribution in [3.05, 3.63) is 54.5 Å². The monoisotopic (exact) mass is 302 g/mol. The molecule has 0 fully saturated rings. The van der Waals surface area contributed by atoms with Crippen LogP contribution in [-0.4, -0.2) is 25.0 Å². The largest absolute Gasteiger partial charge is 0.493 e. The molecule has 0 saturated carbocycles. The number of furan rings is 1. The highest BCUT2D eigenvalue weighted by atomic mass is 16.5. The molecule has 0 atom stereocenters. The van der Waals surface area contributed by atoms with E-state index in [-0.39, 0.29) is 31.4 Å². The summed E-state index contributed by atoms with van der Waals surface area (Å²) in [5, 5.41) is 5.18. The van der Waals surface area contributed by atoms with Crippen LogP contribution in [0.3, 0.4) is 0 Å². The van der Waals surface area contributed by atoms with Gasteiger partial charge in [-0.3, -0.25) is 9.59 Å². The summed E-state index contributed by atoms with van der Waals surface area (Å²) in [7, 11) is 0. The molecule has 2 rings (SSSR count). The van der Waals surface area contributed by atoms with Gasteiger partial charge < -0.3 is 19.8 Å². The Morgan fingerprint density at radius 3 is 2.55 bits per heavy atom. The van der Waals surface area contributed by atoms with Crippen molar-refractivity contribution in [3.8, 4) is 5.75 Å². The zero-order valence-electron chi connectivity index (χ0n) is 12.1. The summed E-state index contributed by atoms with van der Waals surface area (Å²) in [5.41, 5.74) is 0. The lowest BCUT2D eigenvalue weighted by atomic mass is 10.3. The summed E-state index contributed by atoms with van der Waals surface area (Å²) >= 11 is 0. The zero-order chi connectivity index (χ0) is 15.6. The number of benzene rings is 1. The second-order valence-electron chi connectivity index (χ2n) is 4.54. The maximum absolute atomic E-state index is 11.6. The van der Waals surface area contributed by atoms with Crippen molar-refractivity contribution in [2.45, 2.75) is 13.0 Å². The van der Waals surface area contributed by atoms with Crippen molar-refractivity contribution in [1.29, 1.82) is 0 Å². The van der Waals surface area contributed by atoms with Crippen LogP contribution in [0.2, 0.25) is 0 Å². The first kappa shape index (κ1) is 15.6. The maximum atomic E-state index is 11.6. The van der Waals surface area contributed by atoms with Crippen molar-refractivity contribution < 1.29 is 18.7 Å². The summed E-state index contributed by atoms with van der Waals surface area (Å²) < 4.78 is 10.5. The molecule has 2 amide bonds. The highest BCUT2D eigenvalue weighted by Gasteiger charge is 2.06. The number of rotatable bonds is 8. The fourth-order valence-electron chi connectivity index (χ4n) is 1.71. The third-order valence-corrected chi connectivity index (χ3v) is 2.83. The highest BCUT2D eigenvalue weighted by Crippen LogP contribution is 2.08. The fourth-order valence-corrected chi connectivity index (χ4v) is 1.71. The summed E-state index contributed by atoms with van der Waals surface area (Å²) in [6.45, 7) is 0.508. The lowest BCUT2D eigenvalue weighted by molar-refractivity contribution is -0.126. The summed E-state index contributed by atoms with van der Waals surface area (Å²) in [5.74, 6) is 0.875. The van der Waals surface area contributed by atoms with Crippen molar-refractivity contribution in [2.75, 3.05) is 13.2 Å². The summed E-state index contributed by atoms with van der Waals surface area (Å²) in [6.07, 6.45) is 1.73. The summed E-state index contributed by atoms with van der Waals surface area (Å²) in [6, 6.07) is 12.8. The van der Waals surface area contributed by atoms with E-state index < -0.39 is 0 Å². The van der Waals surface area contributed by atoms with Gasteiger partial charge in [0.2, 0.25) is 11.8 Å². The van der Waals surface area contributed by atoms with E-state index in [1.165, 1.54) is 6.26 Å². The van der Waals surface area contributed by atoms with Crippen LogP contribution in [0.15, 0.2) is 53.1 Å². The molecule has 1 heterocycles. The molecule has 1 aromatic carbocycles. The van der Waals surface area contributed by atoms with Gasteiger partial charge in [0.1, 0.15) is 11.5 Å². The van der Waals surface area contributed by atoms with Gasteiger partial charge in [-0.2, -0.15) is 0 Å². The molecule has 0 saturated heterocycles. The molecule has 0 unspecified atom stereocenters. The Kier molecular flexibility index (Phi) is 6.04. The lowest BCUT2D eigenvalue weighted by Crippen LogP contribution is -2.37. The van der Waals surface area contributed by atoms with Crippen molar-refractivity contribution in [1.82, 2.24) is 10.6 Å². The van der Waals surface area contributed by atoms with Crippen molar-refractivity contribution >= 4 is 11.8 Å². The highest BCUT2D eigenvalue weighted by molar-refractivity contribution is 5.84. The smallest absolute Gasteiger partial charge is 0.239 e. The number of para-hydroxylation sites is 1. The van der Waals surface area contributed by atoms with Crippen LogP contribution in [0.4, 0.5) is 0 Å². The molecular weight excluding hydrogens is 284 g/mol. The molecule has 0 aliphatic heterocycles. The van der Waals surface area contributed by atoms with E-state index in [9.17, 15) is 9.59 Å². The van der Waals surface area contributed by atoms with Gasteiger partial charge in [0.15, 0.2) is 0 Å². The molecule has 1 aromatic heterocycles. The third-order valence-electron chi connectivity index (χ3n) is 2.83. The molecule has 2 N–H and O–H groups in total. The number of amides is 2. The summed E-state index contributed by atoms with van der Waals surface area (Å²) in [4.78, 5) is 23.1. The Morgan fingerprint density at radius 1 is 1.00 bits per heavy atom. The quantitative estimate of drug-likeness (QED) is 0.774. The average molecular weight is 302 g/mol. The van der Waals surface area contributed by atoms with Gasteiger partial charge in [-0.15, -0.1) is 0 Å². The topological polar surface area (TPSA) is 80.6 Å². The van der Waals surface area contributed by atoms with Gasteiger partial charge in [-0.25, -0.2) is 0 Å². The normalized spacial score (nSPS) is 10.0. The first-order chi connectivity index (χ1) is 10.7. The van der Waals surface area contributed by atoms with E-state index in [1.807, 2.05) is 30.3 Å². The molecule has 22 heavy (non-hydrogen) atoms. The third kappa shape index (κ3) is 5.70. The fraction of sp³-hybridized carbons (Fsp3) is 0.250. The average Bonchev–Trinajstić information content (AvgIpc) is 3.05. The Bertz CT molecular complexity index is 581. The Morgan fingerprint density at radius 2 is 1.82 bits per heavy atom. The van der Waals surface area contributed by atoms with Gasteiger partial charge in [0.25, 0.3) is 0 Å². The molecule has 0 bridgehead atoms. The number of nitrogens with one attached hydrogen (secondary N) is 2. The van der Waals surface area contributed by atoms with Gasteiger partial charge >= 0.3 is 0 Å². The first-order valence-corrected chi connectivity index (χ1v) is 6.97. The molecule has 0 radical (unpaired) electrons. The van der Waals surface area contributed by atoms with E-state index >= 15 is 0 Å². The second kappa shape index (κ2) is 8.51. The minimum Gasteiger partial charge on any atom is -0.493 e. The Labute approximate surface area is 128 Å². The Balaban J connectivity index is 1.56. The standard InChI is InChI=1S/C16H18N2O4/c19-15(8-10-22-13-5-2-1-3-6-13)18-12-16(20)17-11-14-7-4-9-21-14/h1-7,9H,8,10-12H2,(H,17,20)(H,18,19). The van der Waals surface area contributed by atoms with E-state index in [0.29, 0.717) is 18.1 Å². The number of hydrogen-bond acceptors (Lipinski definition) is 4. The van der Waals surface area contributed by atoms with Crippen LogP contribution in [-0.2, 0) is 16.1 Å². The Hall–Kier alpha value is -2.76. The van der Waals surface area contributed by atoms with Crippen LogP contribution in [0.25, 0.3) is 0 Å². The van der Waals surface area contributed by atoms with E-state index in [4.69, 9.17) is 9.15 Å². The van der Waals surface area contributed by atoms with Crippen LogP contribution in [0.1, 0.15) is 12.2 Å². The second-order valence-corrected chi connectivity index (χ2v) is 4.54. The van der Waals surface area contributed by atoms with Gasteiger partial charge in [0, 0.05) is 0 Å². The predicted octanol–water partition coefficient (Wildman–Crippen LogP) is 1.48. The lowest BCUT2D eigenvalue weighted by Gasteiger charge is -2.07. The molecule has 116 valence electrons. The van der Waals surface area contributed by atoms with Crippen LogP contribution < -0.4 is 15.4 Å². The minimum atomic E-state index is -0.270. The van der Waals surface area contributed by atoms with Gasteiger partial charge in [0.05, 0.1) is 32.4 Å². The molecule has 0 spiro atoms. The minimum absolute atomic E-state index is 0.0646. The van der Waals surface area contributed by atoms with E-state index in [1.54, 1.807) is 12.1 Å². The molecule has 6 heteroatoms. The van der Waals surface area contributed by atoms with Crippen LogP contribution in [0, 0.1) is 0 Å². The predicted molar refractivity (Wildman–Crippen MR) is 80.1 cm³/mol. The SMILES string of the molecule is O=C(CCOc1ccccc1)NCC(=O)NCc1ccco1. The molecule has 6 nitrogen and oxygen atoms in total. The molecular formula is C16H18N2O4. The number of ether oxygens (including phenoxy) is 1. The molecule has 0 aliphatic rings. The zero-order valence-corrected chi connectivity index (χ0v) is 12.1. The maximum Gasteiger partial charge on any atom is 0.239 e. The number of carbonyl (C=O) groups is 2. The van der Waals surface area contributed by atoms with Crippen molar-refractivity contribution in [2.24, 2.45) is 0 Å². The number of hydrogen-bond donors (Lipinski definition) is 2. The number of carbonyl (C=O) groups excluding carboxylic acids is 2. The van der Waals surface area contributed by atoms with Crippen molar-refractivity contribution in [3.63, 3.8) is 0 Å². The van der Waals surface area contributed by atoms with Gasteiger partial charge in [-0.05, 0) is 24.3 Å².